The van der Waals surface area contributed by atoms with Gasteiger partial charge in [0.05, 0.1) is 0 Å². The molecule has 1 aliphatic heterocycles. The molecule has 0 atom stereocenters. The summed E-state index contributed by atoms with van der Waals surface area (Å²) in [5.41, 5.74) is 9.19. The predicted molar refractivity (Wildman–Crippen MR) is 129 cm³/mol. The van der Waals surface area contributed by atoms with Gasteiger partial charge in [-0.3, -0.25) is 4.90 Å². The number of hydrogen-bond acceptors (Lipinski definition) is 2. The highest BCUT2D eigenvalue weighted by Gasteiger charge is 2.33. The minimum atomic E-state index is -2.50. The van der Waals surface area contributed by atoms with Crippen LogP contribution in [0.25, 0.3) is 39.4 Å². The van der Waals surface area contributed by atoms with Crippen LogP contribution in [0, 0.1) is 0 Å². The number of hydrogen-bond donors (Lipinski definition) is 1. The van der Waals surface area contributed by atoms with Gasteiger partial charge in [0.15, 0.2) is 0 Å². The molecule has 3 nitrogen and oxygen atoms in total. The Labute approximate surface area is 191 Å². The van der Waals surface area contributed by atoms with E-state index in [0.717, 1.165) is 39.7 Å². The van der Waals surface area contributed by atoms with Gasteiger partial charge >= 0.3 is 0 Å². The van der Waals surface area contributed by atoms with Gasteiger partial charge in [-0.05, 0) is 46.4 Å². The molecule has 2 aromatic heterocycles. The minimum absolute atomic E-state index is 0.0454. The van der Waals surface area contributed by atoms with E-state index in [1.165, 1.54) is 16.7 Å². The van der Waals surface area contributed by atoms with Crippen LogP contribution in [0.5, 0.6) is 0 Å². The van der Waals surface area contributed by atoms with E-state index in [0.29, 0.717) is 19.6 Å². The van der Waals surface area contributed by atoms with E-state index >= 15 is 0 Å². The second-order valence-electron chi connectivity index (χ2n) is 9.17. The fraction of sp³-hybridized carbons (Fsp3) is 0.250. The van der Waals surface area contributed by atoms with Crippen molar-refractivity contribution in [2.24, 2.45) is 0 Å². The van der Waals surface area contributed by atoms with Crippen LogP contribution < -0.4 is 0 Å². The van der Waals surface area contributed by atoms with E-state index in [1.54, 1.807) is 0 Å². The molecule has 1 N–H and O–H groups in total. The van der Waals surface area contributed by atoms with Crippen LogP contribution in [0.3, 0.4) is 0 Å². The van der Waals surface area contributed by atoms with Crippen LogP contribution in [-0.2, 0) is 13.0 Å². The van der Waals surface area contributed by atoms with E-state index in [4.69, 9.17) is 0 Å². The predicted octanol–water partition coefficient (Wildman–Crippen LogP) is 6.70. The van der Waals surface area contributed by atoms with Crippen molar-refractivity contribution in [2.45, 2.75) is 31.7 Å². The second-order valence-corrected chi connectivity index (χ2v) is 9.17. The lowest BCUT2D eigenvalue weighted by atomic mass is 9.99. The Morgan fingerprint density at radius 1 is 0.939 bits per heavy atom. The van der Waals surface area contributed by atoms with Gasteiger partial charge in [-0.15, -0.1) is 0 Å². The molecule has 166 valence electrons. The Bertz CT molecular complexity index is 1340. The van der Waals surface area contributed by atoms with E-state index < -0.39 is 5.92 Å². The number of likely N-dealkylation sites (tertiary alicyclic amines) is 1. The van der Waals surface area contributed by atoms with E-state index in [1.807, 2.05) is 12.4 Å². The molecule has 0 saturated carbocycles. The van der Waals surface area contributed by atoms with Crippen LogP contribution in [0.1, 0.15) is 29.5 Å². The molecule has 6 rings (SSSR count). The van der Waals surface area contributed by atoms with Gasteiger partial charge in [-0.1, -0.05) is 48.6 Å². The van der Waals surface area contributed by atoms with Gasteiger partial charge in [0, 0.05) is 61.4 Å². The summed E-state index contributed by atoms with van der Waals surface area (Å²) in [5, 5.41) is 1.10. The molecule has 1 saturated heterocycles. The van der Waals surface area contributed by atoms with Crippen molar-refractivity contribution in [1.29, 1.82) is 0 Å². The van der Waals surface area contributed by atoms with Crippen molar-refractivity contribution in [1.82, 2.24) is 14.9 Å². The zero-order valence-electron chi connectivity index (χ0n) is 18.3. The average molecular weight is 442 g/mol. The first-order valence-corrected chi connectivity index (χ1v) is 11.5. The number of aromatic nitrogens is 2. The van der Waals surface area contributed by atoms with E-state index in [-0.39, 0.29) is 12.8 Å². The maximum absolute atomic E-state index is 13.4. The molecule has 33 heavy (non-hydrogen) atoms. The molecule has 0 amide bonds. The summed E-state index contributed by atoms with van der Waals surface area (Å²) >= 11 is 0. The third kappa shape index (κ3) is 3.98. The van der Waals surface area contributed by atoms with Crippen LogP contribution in [0.4, 0.5) is 8.78 Å². The fourth-order valence-electron chi connectivity index (χ4n) is 4.92. The van der Waals surface area contributed by atoms with Crippen molar-refractivity contribution in [3.8, 4) is 22.3 Å². The Hall–Kier alpha value is -3.31. The number of H-pyrrole nitrogens is 1. The van der Waals surface area contributed by atoms with Gasteiger partial charge < -0.3 is 4.98 Å². The number of fused-ring (bicyclic) bond motifs is 2. The summed E-state index contributed by atoms with van der Waals surface area (Å²) in [6.45, 7) is 1.61. The lowest BCUT2D eigenvalue weighted by Gasteiger charge is -2.31. The smallest absolute Gasteiger partial charge is 0.250 e. The topological polar surface area (TPSA) is 31.9 Å². The Morgan fingerprint density at radius 3 is 2.55 bits per heavy atom. The van der Waals surface area contributed by atoms with Crippen molar-refractivity contribution in [2.75, 3.05) is 13.1 Å². The molecule has 0 bridgehead atoms. The summed E-state index contributed by atoms with van der Waals surface area (Å²) in [6.07, 6.45) is 9.24. The summed E-state index contributed by atoms with van der Waals surface area (Å²) < 4.78 is 26.8. The summed E-state index contributed by atoms with van der Waals surface area (Å²) in [6, 6.07) is 17.2. The SMILES string of the molecule is FC1(F)CCN(Cc2ccc(-c3cnc4[nH]cc(-c5ccc6c(c5)C=CC6)c4c3)cc2)CC1. The summed E-state index contributed by atoms with van der Waals surface area (Å²) in [5.74, 6) is -2.50. The molecule has 0 spiro atoms. The number of halogens is 2. The number of piperidine rings is 1. The van der Waals surface area contributed by atoms with E-state index in [2.05, 4.69) is 75.6 Å². The molecule has 3 heterocycles. The molecule has 5 heteroatoms. The lowest BCUT2D eigenvalue weighted by molar-refractivity contribution is -0.0566. The number of allylic oxidation sites excluding steroid dienone is 1. The molecular weight excluding hydrogens is 416 g/mol. The monoisotopic (exact) mass is 441 g/mol. The maximum Gasteiger partial charge on any atom is 0.250 e. The van der Waals surface area contributed by atoms with Gasteiger partial charge in [0.1, 0.15) is 5.65 Å². The van der Waals surface area contributed by atoms with Crippen LogP contribution >= 0.6 is 0 Å². The molecule has 0 radical (unpaired) electrons. The zero-order valence-corrected chi connectivity index (χ0v) is 18.3. The number of alkyl halides is 2. The van der Waals surface area contributed by atoms with Crippen LogP contribution in [0.2, 0.25) is 0 Å². The summed E-state index contributed by atoms with van der Waals surface area (Å²) in [7, 11) is 0. The normalized spacial score (nSPS) is 17.5. The highest BCUT2D eigenvalue weighted by molar-refractivity contribution is 5.96. The lowest BCUT2D eigenvalue weighted by Crippen LogP contribution is -2.38. The molecule has 2 aromatic carbocycles. The average Bonchev–Trinajstić information content (AvgIpc) is 3.47. The molecule has 0 unspecified atom stereocenters. The van der Waals surface area contributed by atoms with Gasteiger partial charge in [-0.25, -0.2) is 13.8 Å². The van der Waals surface area contributed by atoms with E-state index in [9.17, 15) is 8.78 Å². The number of rotatable bonds is 4. The molecular formula is C28H25F2N3. The third-order valence-corrected chi connectivity index (χ3v) is 6.90. The number of aromatic amines is 1. The number of nitrogens with zero attached hydrogens (tertiary/aromatic N) is 2. The molecule has 1 fully saturated rings. The highest BCUT2D eigenvalue weighted by atomic mass is 19.3. The third-order valence-electron chi connectivity index (χ3n) is 6.90. The number of benzene rings is 2. The molecule has 2 aliphatic rings. The standard InChI is InChI=1S/C28H25F2N3/c29-28(30)10-12-33(13-11-28)18-19-4-6-21(7-5-19)24-15-25-26(17-32-27(25)31-16-24)23-9-8-20-2-1-3-22(20)14-23/h1,3-9,14-17H,2,10-13,18H2,(H,31,32). The van der Waals surface area contributed by atoms with Gasteiger partial charge in [0.2, 0.25) is 0 Å². The highest BCUT2D eigenvalue weighted by Crippen LogP contribution is 2.34. The van der Waals surface area contributed by atoms with Gasteiger partial charge in [-0.2, -0.15) is 0 Å². The van der Waals surface area contributed by atoms with Gasteiger partial charge in [0.25, 0.3) is 5.92 Å². The zero-order chi connectivity index (χ0) is 22.4. The maximum atomic E-state index is 13.4. The first-order chi connectivity index (χ1) is 16.0. The van der Waals surface area contributed by atoms with Crippen molar-refractivity contribution in [3.63, 3.8) is 0 Å². The number of nitrogens with one attached hydrogen (secondary N) is 1. The van der Waals surface area contributed by atoms with Crippen molar-refractivity contribution in [3.05, 3.63) is 83.7 Å². The van der Waals surface area contributed by atoms with Crippen molar-refractivity contribution < 1.29 is 8.78 Å². The quantitative estimate of drug-likeness (QED) is 0.382. The number of pyridine rings is 1. The Morgan fingerprint density at radius 2 is 1.73 bits per heavy atom. The second kappa shape index (κ2) is 7.92. The van der Waals surface area contributed by atoms with Crippen LogP contribution in [-0.4, -0.2) is 33.9 Å². The largest absolute Gasteiger partial charge is 0.346 e. The fourth-order valence-corrected chi connectivity index (χ4v) is 4.92. The van der Waals surface area contributed by atoms with Crippen LogP contribution in [0.15, 0.2) is 67.0 Å². The van der Waals surface area contributed by atoms with Crippen molar-refractivity contribution >= 4 is 17.1 Å². The molecule has 4 aromatic rings. The first kappa shape index (κ1) is 20.3. The molecule has 1 aliphatic carbocycles. The Kier molecular flexibility index (Phi) is 4.88. The first-order valence-electron chi connectivity index (χ1n) is 11.5. The minimum Gasteiger partial charge on any atom is -0.346 e. The Balaban J connectivity index is 1.25. The summed E-state index contributed by atoms with van der Waals surface area (Å²) in [4.78, 5) is 10.1.